The van der Waals surface area contributed by atoms with Crippen molar-refractivity contribution in [2.75, 3.05) is 13.6 Å². The number of alkyl halides is 3. The van der Waals surface area contributed by atoms with Gasteiger partial charge in [0, 0.05) is 13.1 Å². The molecule has 0 aliphatic carbocycles. The van der Waals surface area contributed by atoms with Gasteiger partial charge in [0.2, 0.25) is 5.76 Å². The van der Waals surface area contributed by atoms with Crippen LogP contribution < -0.4 is 0 Å². The summed E-state index contributed by atoms with van der Waals surface area (Å²) in [6.07, 6.45) is -4.03. The highest BCUT2D eigenvalue weighted by molar-refractivity contribution is 5.95. The first-order valence-electron chi connectivity index (χ1n) is 4.35. The Kier molecular flexibility index (Phi) is 3.45. The Balaban J connectivity index is 2.84. The lowest BCUT2D eigenvalue weighted by molar-refractivity contribution is -0.153. The molecule has 1 N–H and O–H groups in total. The van der Waals surface area contributed by atoms with E-state index in [1.165, 1.54) is 0 Å². The van der Waals surface area contributed by atoms with Gasteiger partial charge in [0.15, 0.2) is 0 Å². The second-order valence-electron chi connectivity index (χ2n) is 3.25. The fourth-order valence-electron chi connectivity index (χ4n) is 1.09. The van der Waals surface area contributed by atoms with Crippen molar-refractivity contribution < 1.29 is 32.3 Å². The van der Waals surface area contributed by atoms with Crippen LogP contribution in [-0.2, 0) is 11.0 Å². The van der Waals surface area contributed by atoms with Gasteiger partial charge in [-0.25, -0.2) is 0 Å². The van der Waals surface area contributed by atoms with Crippen molar-refractivity contribution >= 4 is 11.9 Å². The van der Waals surface area contributed by atoms with Gasteiger partial charge in [-0.3, -0.25) is 9.59 Å². The zero-order valence-corrected chi connectivity index (χ0v) is 8.61. The quantitative estimate of drug-likeness (QED) is 0.882. The molecule has 0 radical (unpaired) electrons. The maximum Gasteiger partial charge on any atom is 0.449 e. The van der Waals surface area contributed by atoms with Gasteiger partial charge < -0.3 is 14.4 Å². The predicted molar refractivity (Wildman–Crippen MR) is 48.3 cm³/mol. The number of carboxylic acid groups (broad SMARTS) is 1. The Labute approximate surface area is 93.4 Å². The van der Waals surface area contributed by atoms with E-state index >= 15 is 0 Å². The van der Waals surface area contributed by atoms with Crippen LogP contribution in [0.2, 0.25) is 0 Å². The summed E-state index contributed by atoms with van der Waals surface area (Å²) < 4.78 is 40.7. The molecule has 0 saturated carbocycles. The normalized spacial score (nSPS) is 11.3. The van der Waals surface area contributed by atoms with Crippen molar-refractivity contribution in [1.82, 2.24) is 4.90 Å². The number of carboxylic acids is 1. The van der Waals surface area contributed by atoms with Gasteiger partial charge in [-0.2, -0.15) is 13.2 Å². The van der Waals surface area contributed by atoms with Crippen LogP contribution in [0.25, 0.3) is 0 Å². The Hall–Kier alpha value is -1.99. The largest absolute Gasteiger partial charge is 0.480 e. The zero-order chi connectivity index (χ0) is 13.2. The van der Waals surface area contributed by atoms with E-state index in [9.17, 15) is 22.8 Å². The summed E-state index contributed by atoms with van der Waals surface area (Å²) >= 11 is 0. The van der Waals surface area contributed by atoms with Crippen LogP contribution in [0.15, 0.2) is 16.7 Å². The van der Waals surface area contributed by atoms with E-state index in [0.717, 1.165) is 11.9 Å². The summed E-state index contributed by atoms with van der Waals surface area (Å²) in [5.41, 5.74) is -0.346. The summed E-state index contributed by atoms with van der Waals surface area (Å²) in [6, 6.07) is 0.528. The van der Waals surface area contributed by atoms with Crippen LogP contribution >= 0.6 is 0 Å². The van der Waals surface area contributed by atoms with E-state index < -0.39 is 30.4 Å². The van der Waals surface area contributed by atoms with E-state index in [4.69, 9.17) is 5.11 Å². The van der Waals surface area contributed by atoms with Crippen molar-refractivity contribution in [2.45, 2.75) is 6.18 Å². The van der Waals surface area contributed by atoms with Crippen molar-refractivity contribution in [2.24, 2.45) is 0 Å². The molecule has 0 saturated heterocycles. The number of furan rings is 1. The molecule has 1 rings (SSSR count). The third kappa shape index (κ3) is 3.23. The monoisotopic (exact) mass is 251 g/mol. The SMILES string of the molecule is CN(CC(=O)O)C(=O)c1coc(C(F)(F)F)c1. The third-order valence-electron chi connectivity index (χ3n) is 1.84. The molecule has 17 heavy (non-hydrogen) atoms. The van der Waals surface area contributed by atoms with Gasteiger partial charge in [0.1, 0.15) is 12.8 Å². The maximum absolute atomic E-state index is 12.2. The molecule has 1 aromatic heterocycles. The number of hydrogen-bond acceptors (Lipinski definition) is 3. The molecular formula is C9H8F3NO4. The number of amides is 1. The van der Waals surface area contributed by atoms with Gasteiger partial charge in [-0.1, -0.05) is 0 Å². The number of rotatable bonds is 3. The molecule has 0 bridgehead atoms. The molecule has 0 aliphatic rings. The van der Waals surface area contributed by atoms with Crippen LogP contribution in [0, 0.1) is 0 Å². The highest BCUT2D eigenvalue weighted by atomic mass is 19.4. The summed E-state index contributed by atoms with van der Waals surface area (Å²) in [6.45, 7) is -0.606. The lowest BCUT2D eigenvalue weighted by atomic mass is 10.2. The highest BCUT2D eigenvalue weighted by Gasteiger charge is 2.35. The van der Waals surface area contributed by atoms with Gasteiger partial charge >= 0.3 is 12.1 Å². The van der Waals surface area contributed by atoms with Gasteiger partial charge in [-0.05, 0) is 0 Å². The first-order chi connectivity index (χ1) is 7.71. The van der Waals surface area contributed by atoms with Gasteiger partial charge in [0.25, 0.3) is 5.91 Å². The van der Waals surface area contributed by atoms with Crippen LogP contribution in [0.4, 0.5) is 13.2 Å². The minimum absolute atomic E-state index is 0.346. The molecule has 0 fully saturated rings. The number of aliphatic carboxylic acids is 1. The molecular weight excluding hydrogens is 243 g/mol. The smallest absolute Gasteiger partial charge is 0.449 e. The van der Waals surface area contributed by atoms with Crippen molar-refractivity contribution in [3.8, 4) is 0 Å². The van der Waals surface area contributed by atoms with Crippen LogP contribution in [0.5, 0.6) is 0 Å². The molecule has 8 heteroatoms. The lowest BCUT2D eigenvalue weighted by Gasteiger charge is -2.12. The molecule has 0 unspecified atom stereocenters. The molecule has 0 aliphatic heterocycles. The van der Waals surface area contributed by atoms with Gasteiger partial charge in [-0.15, -0.1) is 0 Å². The zero-order valence-electron chi connectivity index (χ0n) is 8.61. The number of likely N-dealkylation sites (N-methyl/N-ethyl adjacent to an activating group) is 1. The van der Waals surface area contributed by atoms with E-state index in [1.54, 1.807) is 0 Å². The minimum Gasteiger partial charge on any atom is -0.480 e. The highest BCUT2D eigenvalue weighted by Crippen LogP contribution is 2.30. The van der Waals surface area contributed by atoms with E-state index in [1.807, 2.05) is 0 Å². The number of nitrogens with zero attached hydrogens (tertiary/aromatic N) is 1. The van der Waals surface area contributed by atoms with Crippen molar-refractivity contribution in [1.29, 1.82) is 0 Å². The van der Waals surface area contributed by atoms with E-state index in [2.05, 4.69) is 4.42 Å². The van der Waals surface area contributed by atoms with E-state index in [-0.39, 0.29) is 5.56 Å². The first-order valence-corrected chi connectivity index (χ1v) is 4.35. The van der Waals surface area contributed by atoms with E-state index in [0.29, 0.717) is 12.3 Å². The Bertz CT molecular complexity index is 438. The van der Waals surface area contributed by atoms with Crippen LogP contribution in [0.1, 0.15) is 16.1 Å². The molecule has 1 aromatic rings. The average molecular weight is 251 g/mol. The lowest BCUT2D eigenvalue weighted by Crippen LogP contribution is -2.31. The molecule has 0 atom stereocenters. The fraction of sp³-hybridized carbons (Fsp3) is 0.333. The summed E-state index contributed by atoms with van der Waals surface area (Å²) in [5, 5.41) is 8.42. The number of carbonyl (C=O) groups is 2. The molecule has 1 amide bonds. The summed E-state index contributed by atoms with van der Waals surface area (Å²) in [5.74, 6) is -3.42. The molecule has 0 aromatic carbocycles. The standard InChI is InChI=1S/C9H8F3NO4/c1-13(3-7(14)15)8(16)5-2-6(17-4-5)9(10,11)12/h2,4H,3H2,1H3,(H,14,15). The second-order valence-corrected chi connectivity index (χ2v) is 3.25. The van der Waals surface area contributed by atoms with Crippen LogP contribution in [0.3, 0.4) is 0 Å². The topological polar surface area (TPSA) is 70.8 Å². The second kappa shape index (κ2) is 4.48. The Morgan fingerprint density at radius 1 is 1.47 bits per heavy atom. The maximum atomic E-state index is 12.2. The predicted octanol–water partition coefficient (Wildman–Crippen LogP) is 1.46. The Morgan fingerprint density at radius 2 is 2.06 bits per heavy atom. The summed E-state index contributed by atoms with van der Waals surface area (Å²) in [4.78, 5) is 22.5. The number of halogens is 3. The Morgan fingerprint density at radius 3 is 2.47 bits per heavy atom. The van der Waals surface area contributed by atoms with Crippen LogP contribution in [-0.4, -0.2) is 35.5 Å². The number of carbonyl (C=O) groups excluding carboxylic acids is 1. The fourth-order valence-corrected chi connectivity index (χ4v) is 1.09. The van der Waals surface area contributed by atoms with Crippen molar-refractivity contribution in [3.05, 3.63) is 23.7 Å². The summed E-state index contributed by atoms with van der Waals surface area (Å²) in [7, 11) is 1.16. The first kappa shape index (κ1) is 13.1. The minimum atomic E-state index is -4.68. The third-order valence-corrected chi connectivity index (χ3v) is 1.84. The van der Waals surface area contributed by atoms with Gasteiger partial charge in [0.05, 0.1) is 5.56 Å². The molecule has 5 nitrogen and oxygen atoms in total. The van der Waals surface area contributed by atoms with Crippen molar-refractivity contribution in [3.63, 3.8) is 0 Å². The molecule has 0 spiro atoms. The molecule has 1 heterocycles. The average Bonchev–Trinajstić information content (AvgIpc) is 2.63. The molecule has 94 valence electrons. The number of hydrogen-bond donors (Lipinski definition) is 1.